The van der Waals surface area contributed by atoms with Gasteiger partial charge in [0.05, 0.1) is 0 Å². The molecule has 15 heavy (non-hydrogen) atoms. The highest BCUT2D eigenvalue weighted by atomic mass is 79.9. The van der Waals surface area contributed by atoms with Crippen LogP contribution >= 0.6 is 15.9 Å². The first-order valence-electron chi connectivity index (χ1n) is 5.39. The Morgan fingerprint density at radius 2 is 2.33 bits per heavy atom. The minimum absolute atomic E-state index is 0.684. The zero-order chi connectivity index (χ0) is 10.3. The van der Waals surface area contributed by atoms with Crippen LogP contribution in [0.2, 0.25) is 0 Å². The normalized spacial score (nSPS) is 29.0. The lowest BCUT2D eigenvalue weighted by Gasteiger charge is -2.08. The molecule has 1 N–H and O–H groups in total. The molecule has 1 saturated heterocycles. The number of rotatable bonds is 1. The fraction of sp³-hybridized carbons (Fsp3) is 0.417. The second-order valence-corrected chi connectivity index (χ2v) is 5.09. The van der Waals surface area contributed by atoms with Gasteiger partial charge in [-0.3, -0.25) is 0 Å². The number of hydrogen-bond acceptors (Lipinski definition) is 2. The molecule has 78 valence electrons. The summed E-state index contributed by atoms with van der Waals surface area (Å²) in [5.41, 5.74) is 2.73. The van der Waals surface area contributed by atoms with Crippen molar-refractivity contribution in [1.82, 2.24) is 10.3 Å². The van der Waals surface area contributed by atoms with Crippen molar-refractivity contribution >= 4 is 21.5 Å². The largest absolute Gasteiger partial charge is 0.313 e. The first kappa shape index (κ1) is 9.55. The summed E-state index contributed by atoms with van der Waals surface area (Å²) in [6.07, 6.45) is 6.83. The highest BCUT2D eigenvalue weighted by Crippen LogP contribution is 2.35. The molecular weight excluding hydrogens is 252 g/mol. The maximum Gasteiger partial charge on any atom is 0.106 e. The van der Waals surface area contributed by atoms with Gasteiger partial charge in [-0.1, -0.05) is 12.1 Å². The lowest BCUT2D eigenvalue weighted by molar-refractivity contribution is 0.563. The number of halogens is 1. The zero-order valence-corrected chi connectivity index (χ0v) is 10.00. The van der Waals surface area contributed by atoms with Crippen molar-refractivity contribution in [3.63, 3.8) is 0 Å². The Morgan fingerprint density at radius 3 is 3.07 bits per heavy atom. The average molecular weight is 265 g/mol. The molecule has 0 unspecified atom stereocenters. The molecule has 1 aliphatic heterocycles. The van der Waals surface area contributed by atoms with Gasteiger partial charge < -0.3 is 5.32 Å². The van der Waals surface area contributed by atoms with Gasteiger partial charge in [0.15, 0.2) is 0 Å². The van der Waals surface area contributed by atoms with Crippen LogP contribution in [0.4, 0.5) is 0 Å². The van der Waals surface area contributed by atoms with Gasteiger partial charge in [0.2, 0.25) is 0 Å². The van der Waals surface area contributed by atoms with E-state index < -0.39 is 0 Å². The summed E-state index contributed by atoms with van der Waals surface area (Å²) in [5.74, 6) is 0.753. The number of aromatic nitrogens is 1. The highest BCUT2D eigenvalue weighted by Gasteiger charge is 2.31. The fourth-order valence-electron chi connectivity index (χ4n) is 2.55. The number of nitrogens with one attached hydrogen (secondary N) is 1. The van der Waals surface area contributed by atoms with Gasteiger partial charge in [0.1, 0.15) is 4.60 Å². The van der Waals surface area contributed by atoms with Gasteiger partial charge >= 0.3 is 0 Å². The van der Waals surface area contributed by atoms with Crippen LogP contribution in [0, 0.1) is 5.92 Å². The first-order valence-corrected chi connectivity index (χ1v) is 6.18. The Morgan fingerprint density at radius 1 is 1.40 bits per heavy atom. The summed E-state index contributed by atoms with van der Waals surface area (Å²) in [4.78, 5) is 4.27. The maximum atomic E-state index is 4.27. The number of nitrogens with zero attached hydrogens (tertiary/aromatic N) is 1. The summed E-state index contributed by atoms with van der Waals surface area (Å²) in [6.45, 7) is 1.18. The second-order valence-electron chi connectivity index (χ2n) is 4.28. The molecule has 0 amide bonds. The van der Waals surface area contributed by atoms with Gasteiger partial charge in [-0.25, -0.2) is 4.98 Å². The summed E-state index contributed by atoms with van der Waals surface area (Å²) >= 11 is 3.36. The van der Waals surface area contributed by atoms with Gasteiger partial charge in [-0.15, -0.1) is 0 Å². The van der Waals surface area contributed by atoms with E-state index in [9.17, 15) is 0 Å². The quantitative estimate of drug-likeness (QED) is 0.789. The monoisotopic (exact) mass is 264 g/mol. The third-order valence-corrected chi connectivity index (χ3v) is 3.82. The maximum absolute atomic E-state index is 4.27. The SMILES string of the molecule is Brc1ccc(C2=C[C@H]3CCN[C@H]3C2)cn1. The van der Waals surface area contributed by atoms with E-state index in [1.54, 1.807) is 0 Å². The van der Waals surface area contributed by atoms with Gasteiger partial charge in [0.25, 0.3) is 0 Å². The van der Waals surface area contributed by atoms with Crippen LogP contribution in [0.5, 0.6) is 0 Å². The molecule has 0 radical (unpaired) electrons. The van der Waals surface area contributed by atoms with E-state index in [-0.39, 0.29) is 0 Å². The van der Waals surface area contributed by atoms with E-state index in [4.69, 9.17) is 0 Å². The molecule has 0 spiro atoms. The minimum Gasteiger partial charge on any atom is -0.313 e. The minimum atomic E-state index is 0.684. The Labute approximate surface area is 97.9 Å². The van der Waals surface area contributed by atoms with Crippen molar-refractivity contribution in [1.29, 1.82) is 0 Å². The molecule has 3 heteroatoms. The number of hydrogen-bond donors (Lipinski definition) is 1. The molecule has 0 aromatic carbocycles. The van der Waals surface area contributed by atoms with Crippen molar-refractivity contribution in [2.45, 2.75) is 18.9 Å². The topological polar surface area (TPSA) is 24.9 Å². The van der Waals surface area contributed by atoms with Crippen LogP contribution in [0.1, 0.15) is 18.4 Å². The second kappa shape index (κ2) is 3.72. The van der Waals surface area contributed by atoms with E-state index >= 15 is 0 Å². The smallest absolute Gasteiger partial charge is 0.106 e. The third-order valence-electron chi connectivity index (χ3n) is 3.35. The van der Waals surface area contributed by atoms with Crippen molar-refractivity contribution in [3.8, 4) is 0 Å². The van der Waals surface area contributed by atoms with Crippen molar-refractivity contribution in [3.05, 3.63) is 34.6 Å². The van der Waals surface area contributed by atoms with Crippen molar-refractivity contribution < 1.29 is 0 Å². The summed E-state index contributed by atoms with van der Waals surface area (Å²) in [5, 5.41) is 3.55. The third kappa shape index (κ3) is 1.74. The molecule has 2 atom stereocenters. The lowest BCUT2D eigenvalue weighted by Crippen LogP contribution is -2.22. The van der Waals surface area contributed by atoms with Crippen LogP contribution < -0.4 is 5.32 Å². The molecule has 1 aliphatic carbocycles. The van der Waals surface area contributed by atoms with Crippen LogP contribution in [0.3, 0.4) is 0 Å². The zero-order valence-electron chi connectivity index (χ0n) is 8.41. The fourth-order valence-corrected chi connectivity index (χ4v) is 2.79. The van der Waals surface area contributed by atoms with E-state index in [0.29, 0.717) is 6.04 Å². The van der Waals surface area contributed by atoms with Gasteiger partial charge in [-0.05, 0) is 58.4 Å². The van der Waals surface area contributed by atoms with Crippen LogP contribution in [0.25, 0.3) is 5.57 Å². The molecule has 2 heterocycles. The Hall–Kier alpha value is -0.670. The standard InChI is InChI=1S/C12H13BrN2/c13-12-2-1-9(7-15-12)10-5-8-3-4-14-11(8)6-10/h1-2,5,7-8,11,14H,3-4,6H2/t8-,11+/m1/s1. The molecule has 0 saturated carbocycles. The molecule has 1 aromatic rings. The predicted octanol–water partition coefficient (Wildman–Crippen LogP) is 2.61. The number of fused-ring (bicyclic) bond motifs is 1. The summed E-state index contributed by atoms with van der Waals surface area (Å²) < 4.78 is 0.906. The molecule has 2 nitrogen and oxygen atoms in total. The predicted molar refractivity (Wildman–Crippen MR) is 64.4 cm³/mol. The van der Waals surface area contributed by atoms with E-state index in [1.807, 2.05) is 12.3 Å². The Kier molecular flexibility index (Phi) is 2.37. The molecule has 2 aliphatic rings. The van der Waals surface area contributed by atoms with Crippen LogP contribution in [-0.4, -0.2) is 17.6 Å². The Bertz CT molecular complexity index is 397. The van der Waals surface area contributed by atoms with Crippen LogP contribution in [0.15, 0.2) is 29.0 Å². The van der Waals surface area contributed by atoms with E-state index in [0.717, 1.165) is 16.9 Å². The van der Waals surface area contributed by atoms with E-state index in [1.165, 1.54) is 24.1 Å². The average Bonchev–Trinajstić information content (AvgIpc) is 2.78. The summed E-state index contributed by atoms with van der Waals surface area (Å²) in [7, 11) is 0. The lowest BCUT2D eigenvalue weighted by atomic mass is 10.1. The van der Waals surface area contributed by atoms with Gasteiger partial charge in [0, 0.05) is 12.2 Å². The summed E-state index contributed by atoms with van der Waals surface area (Å²) in [6, 6.07) is 4.84. The number of pyridine rings is 1. The van der Waals surface area contributed by atoms with Gasteiger partial charge in [-0.2, -0.15) is 0 Å². The molecule has 1 fully saturated rings. The molecule has 1 aromatic heterocycles. The molecule has 0 bridgehead atoms. The highest BCUT2D eigenvalue weighted by molar-refractivity contribution is 9.10. The van der Waals surface area contributed by atoms with Crippen LogP contribution in [-0.2, 0) is 0 Å². The first-order chi connectivity index (χ1) is 7.33. The van der Waals surface area contributed by atoms with E-state index in [2.05, 4.69) is 38.4 Å². The van der Waals surface area contributed by atoms with Crippen molar-refractivity contribution in [2.24, 2.45) is 5.92 Å². The Balaban J connectivity index is 1.87. The molecule has 3 rings (SSSR count). The molecular formula is C12H13BrN2. The van der Waals surface area contributed by atoms with Crippen molar-refractivity contribution in [2.75, 3.05) is 6.54 Å².